The molecule has 0 aliphatic carbocycles. The smallest absolute Gasteiger partial charge is 0 e. The molecule has 0 radical (unpaired) electrons. The molecular weight excluding hydrogens is 336 g/mol. The van der Waals surface area contributed by atoms with Crippen LogP contribution in [0.1, 0.15) is 6.42 Å². The third-order valence-corrected chi connectivity index (χ3v) is 1.48. The molecule has 8 heteroatoms. The fraction of sp³-hybridized carbons (Fsp3) is 0.286. The number of methoxy groups -OCH3 is 1. The Morgan fingerprint density at radius 1 is 1.14 bits per heavy atom. The van der Waals surface area contributed by atoms with Crippen LogP contribution in [0.2, 0.25) is 0 Å². The SMILES string of the molecule is COC(=O)/C=C/C=C/C(O)/C=C\CCO.[C-]#[O+].[C-]#[O+].[C-]#[O+].[Fe]. The quantitative estimate of drug-likeness (QED) is 0.137. The van der Waals surface area contributed by atoms with Gasteiger partial charge in [-0.25, -0.2) is 4.79 Å². The van der Waals surface area contributed by atoms with E-state index in [1.165, 1.54) is 25.3 Å². The number of carbonyl (C=O) groups is 1. The van der Waals surface area contributed by atoms with E-state index in [1.807, 2.05) is 0 Å². The van der Waals surface area contributed by atoms with Gasteiger partial charge in [-0.05, 0) is 6.42 Å². The normalized spacial score (nSPS) is 9.86. The van der Waals surface area contributed by atoms with Crippen molar-refractivity contribution in [3.63, 3.8) is 0 Å². The van der Waals surface area contributed by atoms with Crippen molar-refractivity contribution in [1.29, 1.82) is 0 Å². The number of ether oxygens (including phenoxy) is 1. The standard InChI is InChI=1S/C11H16O4.3CO.Fe/c1-15-11(14)8-3-2-6-10(13)7-4-5-9-12;3*1-2;/h2-4,6-8,10,12-13H,5,9H2,1H3;;;;/b6-2+,7-4-,8-3+;;;;. The van der Waals surface area contributed by atoms with Crippen LogP contribution < -0.4 is 0 Å². The summed E-state index contributed by atoms with van der Waals surface area (Å²) in [5, 5.41) is 17.8. The number of rotatable bonds is 6. The van der Waals surface area contributed by atoms with Crippen LogP contribution in [0, 0.1) is 20.0 Å². The summed E-state index contributed by atoms with van der Waals surface area (Å²) in [7, 11) is 1.29. The molecule has 122 valence electrons. The average molecular weight is 352 g/mol. The Kier molecular flexibility index (Phi) is 53.7. The average Bonchev–Trinajstić information content (AvgIpc) is 2.57. The zero-order chi connectivity index (χ0) is 17.5. The summed E-state index contributed by atoms with van der Waals surface area (Å²) >= 11 is 0. The Bertz CT molecular complexity index is 353. The first-order valence-electron chi connectivity index (χ1n) is 5.20. The van der Waals surface area contributed by atoms with Crippen molar-refractivity contribution in [2.45, 2.75) is 12.5 Å². The molecule has 0 aliphatic rings. The molecule has 2 N–H and O–H groups in total. The molecule has 0 bridgehead atoms. The van der Waals surface area contributed by atoms with Gasteiger partial charge in [-0.1, -0.05) is 30.4 Å². The van der Waals surface area contributed by atoms with E-state index in [2.05, 4.69) is 24.7 Å². The summed E-state index contributed by atoms with van der Waals surface area (Å²) in [6.07, 6.45) is 8.83. The second kappa shape index (κ2) is 36.6. The van der Waals surface area contributed by atoms with Crippen LogP contribution in [0.4, 0.5) is 0 Å². The van der Waals surface area contributed by atoms with Gasteiger partial charge < -0.3 is 14.9 Å². The Balaban J connectivity index is -0.000000122. The third kappa shape index (κ3) is 36.2. The molecule has 0 amide bonds. The van der Waals surface area contributed by atoms with Gasteiger partial charge in [-0.15, -0.1) is 0 Å². The maximum absolute atomic E-state index is 10.6. The van der Waals surface area contributed by atoms with Crippen LogP contribution in [-0.4, -0.2) is 36.0 Å². The van der Waals surface area contributed by atoms with Crippen LogP contribution in [0.15, 0.2) is 36.5 Å². The molecule has 0 rings (SSSR count). The number of hydrogen-bond donors (Lipinski definition) is 2. The Morgan fingerprint density at radius 3 is 2.05 bits per heavy atom. The van der Waals surface area contributed by atoms with E-state index in [0.717, 1.165) is 0 Å². The summed E-state index contributed by atoms with van der Waals surface area (Å²) in [6, 6.07) is 0. The second-order valence-corrected chi connectivity index (χ2v) is 2.70. The van der Waals surface area contributed by atoms with E-state index in [-0.39, 0.29) is 23.7 Å². The summed E-state index contributed by atoms with van der Waals surface area (Å²) < 4.78 is 26.9. The first kappa shape index (κ1) is 32.3. The van der Waals surface area contributed by atoms with E-state index in [9.17, 15) is 9.90 Å². The molecule has 0 spiro atoms. The van der Waals surface area contributed by atoms with Crippen molar-refractivity contribution in [1.82, 2.24) is 0 Å². The number of esters is 1. The molecular formula is C14H16FeO7. The molecule has 0 fully saturated rings. The summed E-state index contributed by atoms with van der Waals surface area (Å²) in [4.78, 5) is 10.6. The predicted molar refractivity (Wildman–Crippen MR) is 68.9 cm³/mol. The number of aliphatic hydroxyl groups is 2. The van der Waals surface area contributed by atoms with Gasteiger partial charge in [0.1, 0.15) is 0 Å². The number of carbonyl (C=O) groups excluding carboxylic acids is 1. The monoisotopic (exact) mass is 352 g/mol. The van der Waals surface area contributed by atoms with Crippen LogP contribution in [0.5, 0.6) is 0 Å². The van der Waals surface area contributed by atoms with Gasteiger partial charge in [-0.3, -0.25) is 0 Å². The molecule has 0 aromatic rings. The van der Waals surface area contributed by atoms with Crippen LogP contribution in [0.25, 0.3) is 0 Å². The molecule has 22 heavy (non-hydrogen) atoms. The van der Waals surface area contributed by atoms with Crippen molar-refractivity contribution in [2.75, 3.05) is 13.7 Å². The van der Waals surface area contributed by atoms with E-state index in [4.69, 9.17) is 19.1 Å². The van der Waals surface area contributed by atoms with Gasteiger partial charge in [0.05, 0.1) is 13.2 Å². The first-order valence-corrected chi connectivity index (χ1v) is 5.20. The maximum Gasteiger partial charge on any atom is 0 e. The van der Waals surface area contributed by atoms with Crippen molar-refractivity contribution in [3.05, 3.63) is 56.4 Å². The van der Waals surface area contributed by atoms with Gasteiger partial charge in [-0.2, -0.15) is 0 Å². The minimum atomic E-state index is -0.709. The largest absolute Gasteiger partial charge is 0 e. The zero-order valence-corrected chi connectivity index (χ0v) is 12.8. The summed E-state index contributed by atoms with van der Waals surface area (Å²) in [5.74, 6) is -0.440. The van der Waals surface area contributed by atoms with E-state index < -0.39 is 12.1 Å². The van der Waals surface area contributed by atoms with Crippen LogP contribution >= 0.6 is 0 Å². The van der Waals surface area contributed by atoms with E-state index in [0.29, 0.717) is 6.42 Å². The Morgan fingerprint density at radius 2 is 1.64 bits per heavy atom. The molecule has 0 aromatic heterocycles. The molecule has 1 atom stereocenters. The van der Waals surface area contributed by atoms with Crippen molar-refractivity contribution >= 4 is 5.97 Å². The first-order chi connectivity index (χ1) is 10.2. The summed E-state index contributed by atoms with van der Waals surface area (Å²) in [5.41, 5.74) is 0. The third-order valence-electron chi connectivity index (χ3n) is 1.48. The van der Waals surface area contributed by atoms with E-state index >= 15 is 0 Å². The maximum atomic E-state index is 10.6. The fourth-order valence-corrected chi connectivity index (χ4v) is 0.754. The van der Waals surface area contributed by atoms with E-state index in [1.54, 1.807) is 18.2 Å². The van der Waals surface area contributed by atoms with Gasteiger partial charge >= 0.3 is 39.9 Å². The Labute approximate surface area is 140 Å². The predicted octanol–water partition coefficient (Wildman–Crippen LogP) is 0.456. The minimum absolute atomic E-state index is 0. The van der Waals surface area contributed by atoms with Crippen LogP contribution in [-0.2, 0) is 40.6 Å². The van der Waals surface area contributed by atoms with Gasteiger partial charge in [0.15, 0.2) is 0 Å². The van der Waals surface area contributed by atoms with Crippen molar-refractivity contribution in [3.8, 4) is 0 Å². The number of aliphatic hydroxyl groups excluding tert-OH is 2. The molecule has 1 unspecified atom stereocenters. The topological polar surface area (TPSA) is 126 Å². The van der Waals surface area contributed by atoms with Gasteiger partial charge in [0.2, 0.25) is 0 Å². The summed E-state index contributed by atoms with van der Waals surface area (Å²) in [6.45, 7) is 13.6. The van der Waals surface area contributed by atoms with Gasteiger partial charge in [0, 0.05) is 29.8 Å². The van der Waals surface area contributed by atoms with Crippen molar-refractivity contribution < 1.29 is 50.8 Å². The molecule has 0 heterocycles. The number of hydrogen-bond acceptors (Lipinski definition) is 4. The van der Waals surface area contributed by atoms with Crippen molar-refractivity contribution in [2.24, 2.45) is 0 Å². The molecule has 0 aliphatic heterocycles. The molecule has 0 aromatic carbocycles. The Hall–Kier alpha value is -1.65. The zero-order valence-electron chi connectivity index (χ0n) is 11.7. The van der Waals surface area contributed by atoms with Crippen LogP contribution in [0.3, 0.4) is 0 Å². The molecule has 0 saturated carbocycles. The number of allylic oxidation sites excluding steroid dienone is 2. The minimum Gasteiger partial charge on any atom is 0 e. The molecule has 7 nitrogen and oxygen atoms in total. The second-order valence-electron chi connectivity index (χ2n) is 2.70. The fourth-order valence-electron chi connectivity index (χ4n) is 0.754. The van der Waals surface area contributed by atoms with Gasteiger partial charge in [0.25, 0.3) is 0 Å². The molecule has 0 saturated heterocycles.